The highest BCUT2D eigenvalue weighted by Crippen LogP contribution is 2.15. The van der Waals surface area contributed by atoms with Crippen LogP contribution in [0.2, 0.25) is 0 Å². The maximum Gasteiger partial charge on any atom is 0.253 e. The highest BCUT2D eigenvalue weighted by molar-refractivity contribution is 5.99. The van der Waals surface area contributed by atoms with Crippen molar-refractivity contribution in [3.63, 3.8) is 0 Å². The summed E-state index contributed by atoms with van der Waals surface area (Å²) >= 11 is 0. The molecule has 1 aliphatic heterocycles. The number of nitrogens with two attached hydrogens (primary N) is 1. The number of piperidine rings is 1. The first-order valence-corrected chi connectivity index (χ1v) is 9.01. The number of hydrogen-bond acceptors (Lipinski definition) is 3. The average Bonchev–Trinajstić information content (AvgIpc) is 2.61. The third kappa shape index (κ3) is 5.72. The van der Waals surface area contributed by atoms with Gasteiger partial charge in [0.25, 0.3) is 11.8 Å². The Labute approximate surface area is 157 Å². The summed E-state index contributed by atoms with van der Waals surface area (Å²) in [6.07, 6.45) is 3.53. The van der Waals surface area contributed by atoms with Crippen LogP contribution < -0.4 is 5.73 Å². The van der Waals surface area contributed by atoms with E-state index in [9.17, 15) is 9.59 Å². The van der Waals surface area contributed by atoms with Gasteiger partial charge in [0, 0.05) is 43.3 Å². The van der Waals surface area contributed by atoms with Crippen LogP contribution in [0.4, 0.5) is 0 Å². The van der Waals surface area contributed by atoms with Gasteiger partial charge >= 0.3 is 0 Å². The lowest BCUT2D eigenvalue weighted by Crippen LogP contribution is -2.42. The summed E-state index contributed by atoms with van der Waals surface area (Å²) in [4.78, 5) is 29.1. The van der Waals surface area contributed by atoms with Gasteiger partial charge in [0.1, 0.15) is 0 Å². The van der Waals surface area contributed by atoms with Crippen LogP contribution in [0.3, 0.4) is 0 Å². The van der Waals surface area contributed by atoms with E-state index in [0.717, 1.165) is 38.8 Å². The minimum atomic E-state index is -0.00548. The first-order chi connectivity index (χ1) is 11.6. The molecule has 0 bridgehead atoms. The van der Waals surface area contributed by atoms with Crippen LogP contribution >= 0.6 is 12.4 Å². The van der Waals surface area contributed by atoms with Gasteiger partial charge in [0.15, 0.2) is 0 Å². The van der Waals surface area contributed by atoms with E-state index in [1.807, 2.05) is 9.80 Å². The predicted octanol–water partition coefficient (Wildman–Crippen LogP) is 2.93. The summed E-state index contributed by atoms with van der Waals surface area (Å²) in [5, 5.41) is 0. The summed E-state index contributed by atoms with van der Waals surface area (Å²) in [6, 6.07) is 7.31. The van der Waals surface area contributed by atoms with Crippen molar-refractivity contribution >= 4 is 24.2 Å². The van der Waals surface area contributed by atoms with Crippen molar-refractivity contribution in [2.24, 2.45) is 5.73 Å². The largest absolute Gasteiger partial charge is 0.339 e. The van der Waals surface area contributed by atoms with Crippen molar-refractivity contribution in [1.29, 1.82) is 0 Å². The molecular weight excluding hydrogens is 338 g/mol. The molecule has 1 aromatic carbocycles. The first kappa shape index (κ1) is 21.5. The smallest absolute Gasteiger partial charge is 0.253 e. The Hall–Kier alpha value is -1.59. The molecule has 1 fully saturated rings. The summed E-state index contributed by atoms with van der Waals surface area (Å²) < 4.78 is 0. The quantitative estimate of drug-likeness (QED) is 0.840. The Kier molecular flexibility index (Phi) is 8.93. The number of nitrogens with zero attached hydrogens (tertiary/aromatic N) is 2. The lowest BCUT2D eigenvalue weighted by Gasteiger charge is -2.30. The van der Waals surface area contributed by atoms with Gasteiger partial charge in [-0.05, 0) is 43.9 Å². The van der Waals surface area contributed by atoms with E-state index in [-0.39, 0.29) is 30.3 Å². The predicted molar refractivity (Wildman–Crippen MR) is 103 cm³/mol. The first-order valence-electron chi connectivity index (χ1n) is 9.01. The fourth-order valence-corrected chi connectivity index (χ4v) is 3.11. The van der Waals surface area contributed by atoms with Crippen LogP contribution in [0, 0.1) is 0 Å². The van der Waals surface area contributed by atoms with Crippen molar-refractivity contribution in [3.05, 3.63) is 35.4 Å². The molecule has 0 saturated carbocycles. The fourth-order valence-electron chi connectivity index (χ4n) is 3.11. The van der Waals surface area contributed by atoms with E-state index in [0.29, 0.717) is 24.2 Å². The van der Waals surface area contributed by atoms with Crippen LogP contribution in [0.15, 0.2) is 24.3 Å². The Morgan fingerprint density at radius 3 is 2.24 bits per heavy atom. The Morgan fingerprint density at radius 1 is 1.12 bits per heavy atom. The summed E-state index contributed by atoms with van der Waals surface area (Å²) in [7, 11) is 0. The average molecular weight is 368 g/mol. The second-order valence-electron chi connectivity index (χ2n) is 6.50. The van der Waals surface area contributed by atoms with Crippen molar-refractivity contribution in [2.75, 3.05) is 26.2 Å². The van der Waals surface area contributed by atoms with Crippen LogP contribution in [-0.2, 0) is 0 Å². The third-order valence-corrected chi connectivity index (χ3v) is 4.46. The zero-order chi connectivity index (χ0) is 17.5. The van der Waals surface area contributed by atoms with E-state index >= 15 is 0 Å². The van der Waals surface area contributed by atoms with E-state index in [1.165, 1.54) is 0 Å². The zero-order valence-electron chi connectivity index (χ0n) is 15.2. The number of amides is 2. The van der Waals surface area contributed by atoms with Gasteiger partial charge in [-0.3, -0.25) is 9.59 Å². The van der Waals surface area contributed by atoms with E-state index in [1.54, 1.807) is 24.3 Å². The summed E-state index contributed by atoms with van der Waals surface area (Å²) in [5.74, 6) is 0.00287. The highest BCUT2D eigenvalue weighted by atomic mass is 35.5. The fraction of sp³-hybridized carbons (Fsp3) is 0.579. The lowest BCUT2D eigenvalue weighted by atomic mass is 10.0. The van der Waals surface area contributed by atoms with E-state index < -0.39 is 0 Å². The molecule has 2 rings (SSSR count). The molecule has 6 heteroatoms. The topological polar surface area (TPSA) is 66.6 Å². The van der Waals surface area contributed by atoms with Crippen molar-refractivity contribution in [3.8, 4) is 0 Å². The molecule has 0 radical (unpaired) electrons. The summed E-state index contributed by atoms with van der Waals surface area (Å²) in [6.45, 7) is 7.00. The number of rotatable bonds is 6. The van der Waals surface area contributed by atoms with Gasteiger partial charge in [0.05, 0.1) is 0 Å². The monoisotopic (exact) mass is 367 g/mol. The normalized spacial score (nSPS) is 14.8. The third-order valence-electron chi connectivity index (χ3n) is 4.46. The molecule has 140 valence electrons. The Balaban J connectivity index is 0.00000312. The maximum atomic E-state index is 12.7. The molecule has 1 heterocycles. The van der Waals surface area contributed by atoms with Gasteiger partial charge in [0.2, 0.25) is 0 Å². The molecule has 1 saturated heterocycles. The number of hydrogen-bond donors (Lipinski definition) is 1. The molecule has 1 aliphatic rings. The molecule has 0 aromatic heterocycles. The number of carbonyl (C=O) groups is 2. The van der Waals surface area contributed by atoms with Crippen molar-refractivity contribution in [2.45, 2.75) is 45.6 Å². The van der Waals surface area contributed by atoms with Gasteiger partial charge in [-0.2, -0.15) is 0 Å². The Bertz CT molecular complexity index is 566. The van der Waals surface area contributed by atoms with Gasteiger partial charge in [-0.1, -0.05) is 19.9 Å². The van der Waals surface area contributed by atoms with E-state index in [2.05, 4.69) is 13.8 Å². The van der Waals surface area contributed by atoms with Crippen LogP contribution in [0.5, 0.6) is 0 Å². The second kappa shape index (κ2) is 10.4. The second-order valence-corrected chi connectivity index (χ2v) is 6.50. The molecule has 2 N–H and O–H groups in total. The molecule has 0 unspecified atom stereocenters. The molecular formula is C19H30ClN3O2. The standard InChI is InChI=1S/C19H29N3O2.ClH/c1-3-10-21(11-4-2)18(23)15-6-5-7-16(14-15)19(24)22-12-8-17(20)9-13-22;/h5-7,14,17H,3-4,8-13,20H2,1-2H3;1H. The molecule has 5 nitrogen and oxygen atoms in total. The molecule has 1 aromatic rings. The van der Waals surface area contributed by atoms with Gasteiger partial charge in [-0.15, -0.1) is 12.4 Å². The molecule has 0 atom stereocenters. The van der Waals surface area contributed by atoms with Gasteiger partial charge in [-0.25, -0.2) is 0 Å². The van der Waals surface area contributed by atoms with Crippen LogP contribution in [-0.4, -0.2) is 53.8 Å². The number of benzene rings is 1. The molecule has 0 aliphatic carbocycles. The Morgan fingerprint density at radius 2 is 1.68 bits per heavy atom. The molecule has 2 amide bonds. The van der Waals surface area contributed by atoms with E-state index in [4.69, 9.17) is 5.73 Å². The van der Waals surface area contributed by atoms with Crippen molar-refractivity contribution < 1.29 is 9.59 Å². The zero-order valence-corrected chi connectivity index (χ0v) is 16.1. The minimum absolute atomic E-state index is 0. The number of likely N-dealkylation sites (tertiary alicyclic amines) is 1. The van der Waals surface area contributed by atoms with Crippen LogP contribution in [0.1, 0.15) is 60.2 Å². The minimum Gasteiger partial charge on any atom is -0.339 e. The maximum absolute atomic E-state index is 12.7. The highest BCUT2D eigenvalue weighted by Gasteiger charge is 2.23. The summed E-state index contributed by atoms with van der Waals surface area (Å²) in [5.41, 5.74) is 7.08. The SMILES string of the molecule is CCCN(CCC)C(=O)c1cccc(C(=O)N2CCC(N)CC2)c1.Cl. The number of halogens is 1. The molecule has 25 heavy (non-hydrogen) atoms. The molecule has 0 spiro atoms. The lowest BCUT2D eigenvalue weighted by molar-refractivity contribution is 0.0714. The van der Waals surface area contributed by atoms with Gasteiger partial charge < -0.3 is 15.5 Å². The van der Waals surface area contributed by atoms with Crippen molar-refractivity contribution in [1.82, 2.24) is 9.80 Å². The number of carbonyl (C=O) groups excluding carboxylic acids is 2. The van der Waals surface area contributed by atoms with Crippen LogP contribution in [0.25, 0.3) is 0 Å².